The fourth-order valence-electron chi connectivity index (χ4n) is 3.07. The van der Waals surface area contributed by atoms with Crippen LogP contribution in [0.3, 0.4) is 0 Å². The summed E-state index contributed by atoms with van der Waals surface area (Å²) in [5.74, 6) is -0.662. The Kier molecular flexibility index (Phi) is 6.04. The molecule has 0 aliphatic carbocycles. The molecule has 1 atom stereocenters. The molecule has 5 nitrogen and oxygen atoms in total. The zero-order valence-corrected chi connectivity index (χ0v) is 16.4. The predicted octanol–water partition coefficient (Wildman–Crippen LogP) is 3.93. The monoisotopic (exact) mass is 376 g/mol. The molecule has 0 aliphatic rings. The van der Waals surface area contributed by atoms with Crippen LogP contribution in [0.15, 0.2) is 54.6 Å². The summed E-state index contributed by atoms with van der Waals surface area (Å²) in [7, 11) is 0. The Labute approximate surface area is 164 Å². The number of nitrogens with zero attached hydrogens (tertiary/aromatic N) is 1. The van der Waals surface area contributed by atoms with Gasteiger partial charge in [0, 0.05) is 17.6 Å². The quantitative estimate of drug-likeness (QED) is 0.662. The number of hydrogen-bond acceptors (Lipinski definition) is 4. The van der Waals surface area contributed by atoms with Crippen LogP contribution in [0.1, 0.15) is 40.0 Å². The normalized spacial score (nSPS) is 11.8. The third-order valence-corrected chi connectivity index (χ3v) is 4.62. The highest BCUT2D eigenvalue weighted by molar-refractivity contribution is 6.04. The number of aryl methyl sites for hydroxylation is 2. The maximum Gasteiger partial charge on any atom is 0.339 e. The van der Waals surface area contributed by atoms with Crippen LogP contribution in [0.2, 0.25) is 0 Å². The summed E-state index contributed by atoms with van der Waals surface area (Å²) < 4.78 is 5.25. The lowest BCUT2D eigenvalue weighted by Crippen LogP contribution is -2.31. The second kappa shape index (κ2) is 8.65. The zero-order valence-electron chi connectivity index (χ0n) is 16.4. The van der Waals surface area contributed by atoms with Crippen molar-refractivity contribution in [3.8, 4) is 0 Å². The highest BCUT2D eigenvalue weighted by atomic mass is 16.5. The molecule has 1 N–H and O–H groups in total. The third kappa shape index (κ3) is 4.74. The van der Waals surface area contributed by atoms with Gasteiger partial charge in [-0.05, 0) is 43.5 Å². The smallest absolute Gasteiger partial charge is 0.339 e. The number of esters is 1. The van der Waals surface area contributed by atoms with Crippen molar-refractivity contribution < 1.29 is 14.3 Å². The van der Waals surface area contributed by atoms with Crippen molar-refractivity contribution in [2.24, 2.45) is 0 Å². The van der Waals surface area contributed by atoms with Crippen LogP contribution in [0.4, 0.5) is 0 Å². The van der Waals surface area contributed by atoms with Crippen LogP contribution in [0.25, 0.3) is 10.9 Å². The van der Waals surface area contributed by atoms with E-state index in [0.29, 0.717) is 12.1 Å². The Morgan fingerprint density at radius 3 is 2.57 bits per heavy atom. The Balaban J connectivity index is 1.60. The molecule has 0 aliphatic heterocycles. The van der Waals surface area contributed by atoms with Crippen LogP contribution in [-0.2, 0) is 9.53 Å². The lowest BCUT2D eigenvalue weighted by atomic mass is 10.0. The molecule has 28 heavy (non-hydrogen) atoms. The van der Waals surface area contributed by atoms with Gasteiger partial charge in [-0.2, -0.15) is 0 Å². The average Bonchev–Trinajstić information content (AvgIpc) is 2.70. The van der Waals surface area contributed by atoms with Crippen molar-refractivity contribution in [3.05, 3.63) is 77.0 Å². The largest absolute Gasteiger partial charge is 0.452 e. The molecular formula is C23H24N2O3. The maximum absolute atomic E-state index is 12.6. The van der Waals surface area contributed by atoms with Crippen LogP contribution >= 0.6 is 0 Å². The molecule has 3 aromatic rings. The van der Waals surface area contributed by atoms with Gasteiger partial charge in [0.2, 0.25) is 0 Å². The van der Waals surface area contributed by atoms with E-state index >= 15 is 0 Å². The molecule has 3 rings (SSSR count). The molecule has 0 saturated heterocycles. The van der Waals surface area contributed by atoms with Crippen molar-refractivity contribution in [2.45, 2.75) is 26.7 Å². The van der Waals surface area contributed by atoms with E-state index in [1.807, 2.05) is 69.3 Å². The van der Waals surface area contributed by atoms with Gasteiger partial charge < -0.3 is 10.1 Å². The molecule has 0 fully saturated rings. The van der Waals surface area contributed by atoms with Crippen molar-refractivity contribution in [2.75, 3.05) is 13.2 Å². The highest BCUT2D eigenvalue weighted by Crippen LogP contribution is 2.21. The lowest BCUT2D eigenvalue weighted by molar-refractivity contribution is -0.124. The second-order valence-corrected chi connectivity index (χ2v) is 7.02. The second-order valence-electron chi connectivity index (χ2n) is 7.02. The number of nitrogens with one attached hydrogen (secondary N) is 1. The van der Waals surface area contributed by atoms with Gasteiger partial charge >= 0.3 is 5.97 Å². The molecule has 0 spiro atoms. The van der Waals surface area contributed by atoms with Gasteiger partial charge in [-0.15, -0.1) is 0 Å². The molecule has 0 saturated carbocycles. The molecule has 1 amide bonds. The number of pyridine rings is 1. The molecule has 144 valence electrons. The van der Waals surface area contributed by atoms with Gasteiger partial charge in [-0.25, -0.2) is 4.79 Å². The van der Waals surface area contributed by atoms with E-state index in [2.05, 4.69) is 10.3 Å². The SMILES string of the molecule is Cc1ccc2nc(C)cc(C(=O)OCC(=O)NC[C@H](C)c3ccccc3)c2c1. The first-order valence-corrected chi connectivity index (χ1v) is 9.31. The van der Waals surface area contributed by atoms with Gasteiger partial charge in [0.25, 0.3) is 5.91 Å². The number of benzene rings is 2. The van der Waals surface area contributed by atoms with Gasteiger partial charge in [0.15, 0.2) is 6.61 Å². The standard InChI is InChI=1S/C23H24N2O3/c1-15-9-10-21-19(11-15)20(12-17(3)25-21)23(27)28-14-22(26)24-13-16(2)18-7-5-4-6-8-18/h4-12,16H,13-14H2,1-3H3,(H,24,26)/t16-/m0/s1. The first-order chi connectivity index (χ1) is 13.4. The topological polar surface area (TPSA) is 68.3 Å². The summed E-state index contributed by atoms with van der Waals surface area (Å²) >= 11 is 0. The minimum atomic E-state index is -0.521. The Hall–Kier alpha value is -3.21. The number of ether oxygens (including phenoxy) is 1. The van der Waals surface area contributed by atoms with Gasteiger partial charge in [0.05, 0.1) is 11.1 Å². The van der Waals surface area contributed by atoms with Crippen LogP contribution in [0, 0.1) is 13.8 Å². The van der Waals surface area contributed by atoms with Crippen LogP contribution in [-0.4, -0.2) is 30.0 Å². The molecule has 0 unspecified atom stereocenters. The molecule has 1 aromatic heterocycles. The summed E-state index contributed by atoms with van der Waals surface area (Å²) in [6, 6.07) is 17.4. The fraction of sp³-hybridized carbons (Fsp3) is 0.261. The number of fused-ring (bicyclic) bond motifs is 1. The van der Waals surface area contributed by atoms with E-state index in [1.54, 1.807) is 6.07 Å². The molecule has 0 radical (unpaired) electrons. The van der Waals surface area contributed by atoms with Crippen molar-refractivity contribution >= 4 is 22.8 Å². The Bertz CT molecular complexity index is 999. The van der Waals surface area contributed by atoms with Crippen LogP contribution < -0.4 is 5.32 Å². The first-order valence-electron chi connectivity index (χ1n) is 9.31. The number of carbonyl (C=O) groups is 2. The third-order valence-electron chi connectivity index (χ3n) is 4.62. The predicted molar refractivity (Wildman–Crippen MR) is 109 cm³/mol. The van der Waals surface area contributed by atoms with E-state index in [0.717, 1.165) is 27.7 Å². The average molecular weight is 376 g/mol. The summed E-state index contributed by atoms with van der Waals surface area (Å²) in [5, 5.41) is 3.55. The van der Waals surface area contributed by atoms with Gasteiger partial charge in [0.1, 0.15) is 0 Å². The van der Waals surface area contributed by atoms with Gasteiger partial charge in [-0.3, -0.25) is 9.78 Å². The van der Waals surface area contributed by atoms with Crippen molar-refractivity contribution in [1.29, 1.82) is 0 Å². The number of aromatic nitrogens is 1. The summed E-state index contributed by atoms with van der Waals surface area (Å²) in [6.07, 6.45) is 0. The summed E-state index contributed by atoms with van der Waals surface area (Å²) in [6.45, 7) is 5.99. The number of rotatable bonds is 6. The maximum atomic E-state index is 12.6. The summed E-state index contributed by atoms with van der Waals surface area (Å²) in [4.78, 5) is 29.1. The van der Waals surface area contributed by atoms with Crippen molar-refractivity contribution in [1.82, 2.24) is 10.3 Å². The van der Waals surface area contributed by atoms with E-state index in [-0.39, 0.29) is 18.4 Å². The minimum absolute atomic E-state index is 0.176. The Morgan fingerprint density at radius 2 is 1.82 bits per heavy atom. The number of carbonyl (C=O) groups excluding carboxylic acids is 2. The fourth-order valence-corrected chi connectivity index (χ4v) is 3.07. The first kappa shape index (κ1) is 19.5. The number of amides is 1. The van der Waals surface area contributed by atoms with E-state index < -0.39 is 5.97 Å². The van der Waals surface area contributed by atoms with E-state index in [1.165, 1.54) is 0 Å². The van der Waals surface area contributed by atoms with Crippen molar-refractivity contribution in [3.63, 3.8) is 0 Å². The molecule has 0 bridgehead atoms. The minimum Gasteiger partial charge on any atom is -0.452 e. The number of hydrogen-bond donors (Lipinski definition) is 1. The van der Waals surface area contributed by atoms with E-state index in [4.69, 9.17) is 4.74 Å². The Morgan fingerprint density at radius 1 is 1.07 bits per heavy atom. The van der Waals surface area contributed by atoms with Crippen LogP contribution in [0.5, 0.6) is 0 Å². The molecule has 1 heterocycles. The molecule has 5 heteroatoms. The zero-order chi connectivity index (χ0) is 20.1. The lowest BCUT2D eigenvalue weighted by Gasteiger charge is -2.13. The molecular weight excluding hydrogens is 352 g/mol. The van der Waals surface area contributed by atoms with E-state index in [9.17, 15) is 9.59 Å². The molecule has 2 aromatic carbocycles. The van der Waals surface area contributed by atoms with Gasteiger partial charge in [-0.1, -0.05) is 48.9 Å². The highest BCUT2D eigenvalue weighted by Gasteiger charge is 2.16. The summed E-state index contributed by atoms with van der Waals surface area (Å²) in [5.41, 5.74) is 4.06.